The number of amides is 1. The van der Waals surface area contributed by atoms with Crippen molar-refractivity contribution < 1.29 is 23.8 Å². The van der Waals surface area contributed by atoms with E-state index < -0.39 is 12.0 Å². The van der Waals surface area contributed by atoms with E-state index in [1.807, 2.05) is 0 Å². The third-order valence-corrected chi connectivity index (χ3v) is 5.15. The number of carbonyl (C=O) groups excluding carboxylic acids is 1. The van der Waals surface area contributed by atoms with Crippen LogP contribution < -0.4 is 10.5 Å². The number of halogens is 2. The van der Waals surface area contributed by atoms with Crippen LogP contribution in [0.2, 0.25) is 5.02 Å². The molecule has 1 unspecified atom stereocenters. The lowest BCUT2D eigenvalue weighted by Crippen LogP contribution is -2.40. The molecular weight excluding hydrogens is 411 g/mol. The number of β-amino-alcohol motifs (C(OH)–C–C–N with tert-alkyl or cyclic N) is 1. The number of primary amides is 1. The van der Waals surface area contributed by atoms with Crippen LogP contribution in [0, 0.1) is 5.82 Å². The van der Waals surface area contributed by atoms with Crippen molar-refractivity contribution in [2.24, 2.45) is 5.73 Å². The molecule has 1 aliphatic heterocycles. The van der Waals surface area contributed by atoms with Crippen molar-refractivity contribution in [2.75, 3.05) is 32.8 Å². The summed E-state index contributed by atoms with van der Waals surface area (Å²) in [5.74, 6) is -0.611. The van der Waals surface area contributed by atoms with Gasteiger partial charge in [-0.3, -0.25) is 9.69 Å². The Morgan fingerprint density at radius 1 is 1.33 bits per heavy atom. The molecule has 1 aliphatic rings. The highest BCUT2D eigenvalue weighted by Crippen LogP contribution is 2.23. The zero-order chi connectivity index (χ0) is 21.5. The summed E-state index contributed by atoms with van der Waals surface area (Å²) in [6.07, 6.45) is 0.738. The van der Waals surface area contributed by atoms with E-state index in [2.05, 4.69) is 4.90 Å². The Labute approximate surface area is 180 Å². The topological polar surface area (TPSA) is 85.0 Å². The zero-order valence-corrected chi connectivity index (χ0v) is 17.4. The smallest absolute Gasteiger partial charge is 0.252 e. The molecule has 2 atom stereocenters. The van der Waals surface area contributed by atoms with Gasteiger partial charge in [-0.25, -0.2) is 4.39 Å². The molecule has 1 amide bonds. The maximum Gasteiger partial charge on any atom is 0.252 e. The molecule has 0 aliphatic carbocycles. The summed E-state index contributed by atoms with van der Waals surface area (Å²) in [7, 11) is 0. The second-order valence-electron chi connectivity index (χ2n) is 7.41. The van der Waals surface area contributed by atoms with Gasteiger partial charge >= 0.3 is 0 Å². The van der Waals surface area contributed by atoms with Gasteiger partial charge in [0.05, 0.1) is 11.7 Å². The third-order valence-electron chi connectivity index (χ3n) is 4.92. The lowest BCUT2D eigenvalue weighted by atomic mass is 10.1. The SMILES string of the molecule is NC(=O)c1cc(Cl)ccc1OC[C@@H](O)CN1CCCOC(Cc2ccc(F)cc2)C1. The Hall–Kier alpha value is -2.19. The largest absolute Gasteiger partial charge is 0.490 e. The van der Waals surface area contributed by atoms with Crippen LogP contribution in [0.15, 0.2) is 42.5 Å². The summed E-state index contributed by atoms with van der Waals surface area (Å²) in [5.41, 5.74) is 6.55. The van der Waals surface area contributed by atoms with Crippen LogP contribution in [0.1, 0.15) is 22.3 Å². The summed E-state index contributed by atoms with van der Waals surface area (Å²) in [6.45, 7) is 2.51. The Morgan fingerprint density at radius 2 is 2.10 bits per heavy atom. The van der Waals surface area contributed by atoms with Gasteiger partial charge in [0.25, 0.3) is 5.91 Å². The van der Waals surface area contributed by atoms with E-state index in [9.17, 15) is 14.3 Å². The Morgan fingerprint density at radius 3 is 2.83 bits per heavy atom. The van der Waals surface area contributed by atoms with E-state index in [1.54, 1.807) is 24.3 Å². The summed E-state index contributed by atoms with van der Waals surface area (Å²) in [5, 5.41) is 10.8. The molecule has 1 saturated heterocycles. The standard InChI is InChI=1S/C22H26ClFN2O4/c23-16-4-7-21(20(11-16)22(25)28)30-14-18(27)12-26-8-1-9-29-19(13-26)10-15-2-5-17(24)6-3-15/h2-7,11,18-19,27H,1,8-10,12-14H2,(H2,25,28)/t18-,19?/m0/s1. The average Bonchev–Trinajstić information content (AvgIpc) is 2.93. The number of aliphatic hydroxyl groups is 1. The molecule has 1 fully saturated rings. The Balaban J connectivity index is 1.53. The Bertz CT molecular complexity index is 850. The van der Waals surface area contributed by atoms with E-state index in [1.165, 1.54) is 18.2 Å². The molecule has 0 bridgehead atoms. The monoisotopic (exact) mass is 436 g/mol. The number of rotatable bonds is 8. The van der Waals surface area contributed by atoms with Crippen LogP contribution in [0.25, 0.3) is 0 Å². The first kappa shape index (κ1) is 22.5. The first-order valence-corrected chi connectivity index (χ1v) is 10.3. The second kappa shape index (κ2) is 10.7. The molecule has 3 rings (SSSR count). The molecule has 0 radical (unpaired) electrons. The van der Waals surface area contributed by atoms with Crippen molar-refractivity contribution in [3.8, 4) is 5.75 Å². The highest BCUT2D eigenvalue weighted by molar-refractivity contribution is 6.31. The van der Waals surface area contributed by atoms with Crippen LogP contribution in [-0.4, -0.2) is 61.0 Å². The number of ether oxygens (including phenoxy) is 2. The third kappa shape index (κ3) is 6.67. The van der Waals surface area contributed by atoms with E-state index in [0.29, 0.717) is 36.9 Å². The van der Waals surface area contributed by atoms with Gasteiger partial charge in [-0.15, -0.1) is 0 Å². The lowest BCUT2D eigenvalue weighted by Gasteiger charge is -2.26. The van der Waals surface area contributed by atoms with Gasteiger partial charge in [0.15, 0.2) is 0 Å². The normalized spacial score (nSPS) is 18.6. The molecule has 0 spiro atoms. The van der Waals surface area contributed by atoms with Gasteiger partial charge in [0, 0.05) is 31.3 Å². The number of nitrogens with two attached hydrogens (primary N) is 1. The van der Waals surface area contributed by atoms with E-state index in [-0.39, 0.29) is 24.1 Å². The first-order chi connectivity index (χ1) is 14.4. The van der Waals surface area contributed by atoms with E-state index >= 15 is 0 Å². The van der Waals surface area contributed by atoms with Gasteiger partial charge in [-0.05, 0) is 48.7 Å². The fourth-order valence-corrected chi connectivity index (χ4v) is 3.67. The highest BCUT2D eigenvalue weighted by Gasteiger charge is 2.22. The number of benzene rings is 2. The highest BCUT2D eigenvalue weighted by atomic mass is 35.5. The summed E-state index contributed by atoms with van der Waals surface area (Å²) in [4.78, 5) is 13.7. The predicted octanol–water partition coefficient (Wildman–Crippen LogP) is 2.65. The molecule has 30 heavy (non-hydrogen) atoms. The minimum Gasteiger partial charge on any atom is -0.490 e. The molecule has 6 nitrogen and oxygen atoms in total. The van der Waals surface area contributed by atoms with Crippen molar-refractivity contribution >= 4 is 17.5 Å². The fourth-order valence-electron chi connectivity index (χ4n) is 3.50. The van der Waals surface area contributed by atoms with Crippen molar-refractivity contribution in [2.45, 2.75) is 25.0 Å². The summed E-state index contributed by atoms with van der Waals surface area (Å²) in [6, 6.07) is 11.0. The number of carbonyl (C=O) groups is 1. The van der Waals surface area contributed by atoms with Gasteiger partial charge < -0.3 is 20.3 Å². The van der Waals surface area contributed by atoms with E-state index in [0.717, 1.165) is 18.5 Å². The summed E-state index contributed by atoms with van der Waals surface area (Å²) < 4.78 is 24.6. The summed E-state index contributed by atoms with van der Waals surface area (Å²) >= 11 is 5.90. The lowest BCUT2D eigenvalue weighted by molar-refractivity contribution is 0.0360. The number of aliphatic hydroxyl groups excluding tert-OH is 1. The van der Waals surface area contributed by atoms with Crippen LogP contribution in [0.4, 0.5) is 4.39 Å². The van der Waals surface area contributed by atoms with Gasteiger partial charge in [0.2, 0.25) is 0 Å². The molecule has 162 valence electrons. The molecule has 1 heterocycles. The molecule has 0 aromatic heterocycles. The van der Waals surface area contributed by atoms with Gasteiger partial charge in [-0.1, -0.05) is 23.7 Å². The quantitative estimate of drug-likeness (QED) is 0.664. The van der Waals surface area contributed by atoms with Crippen LogP contribution in [0.3, 0.4) is 0 Å². The molecule has 0 saturated carbocycles. The number of hydrogen-bond donors (Lipinski definition) is 2. The maximum absolute atomic E-state index is 13.1. The average molecular weight is 437 g/mol. The van der Waals surface area contributed by atoms with Crippen LogP contribution in [0.5, 0.6) is 5.75 Å². The zero-order valence-electron chi connectivity index (χ0n) is 16.6. The molecule has 3 N–H and O–H groups in total. The van der Waals surface area contributed by atoms with E-state index in [4.69, 9.17) is 26.8 Å². The number of hydrogen-bond acceptors (Lipinski definition) is 5. The second-order valence-corrected chi connectivity index (χ2v) is 7.84. The predicted molar refractivity (Wildman–Crippen MR) is 112 cm³/mol. The molecule has 2 aromatic carbocycles. The van der Waals surface area contributed by atoms with Crippen LogP contribution in [-0.2, 0) is 11.2 Å². The fraction of sp³-hybridized carbons (Fsp3) is 0.409. The minimum absolute atomic E-state index is 0.0158. The van der Waals surface area contributed by atoms with Crippen molar-refractivity contribution in [1.29, 1.82) is 0 Å². The minimum atomic E-state index is -0.758. The molecular formula is C22H26ClFN2O4. The first-order valence-electron chi connectivity index (χ1n) is 9.89. The van der Waals surface area contributed by atoms with Crippen molar-refractivity contribution in [1.82, 2.24) is 4.90 Å². The van der Waals surface area contributed by atoms with Gasteiger partial charge in [0.1, 0.15) is 24.3 Å². The molecule has 2 aromatic rings. The molecule has 8 heteroatoms. The van der Waals surface area contributed by atoms with Crippen LogP contribution >= 0.6 is 11.6 Å². The van der Waals surface area contributed by atoms with Gasteiger partial charge in [-0.2, -0.15) is 0 Å². The Kier molecular flexibility index (Phi) is 8.04. The number of nitrogens with zero attached hydrogens (tertiary/aromatic N) is 1. The maximum atomic E-state index is 13.1. The van der Waals surface area contributed by atoms with Crippen molar-refractivity contribution in [3.63, 3.8) is 0 Å². The van der Waals surface area contributed by atoms with Crippen molar-refractivity contribution in [3.05, 3.63) is 64.4 Å².